The molecule has 2 rings (SSSR count). The van der Waals surface area contributed by atoms with Crippen molar-refractivity contribution < 1.29 is 4.74 Å². The third-order valence-corrected chi connectivity index (χ3v) is 6.35. The number of nitrogens with one attached hydrogen (secondary N) is 1. The standard InChI is InChI=1S/C16H31N3OS.HI/c1-4-14-12-19(9-11-21-14)15(17-2)18-13-16(6-5-7-16)8-10-20-3;/h14H,4-13H2,1-3H3,(H,17,18);1H. The Morgan fingerprint density at radius 2 is 2.23 bits per heavy atom. The highest BCUT2D eigenvalue weighted by Gasteiger charge is 2.37. The maximum absolute atomic E-state index is 5.28. The Labute approximate surface area is 157 Å². The van der Waals surface area contributed by atoms with E-state index in [1.54, 1.807) is 7.11 Å². The number of hydrogen-bond acceptors (Lipinski definition) is 3. The summed E-state index contributed by atoms with van der Waals surface area (Å²) >= 11 is 2.10. The van der Waals surface area contributed by atoms with E-state index >= 15 is 0 Å². The first kappa shape index (κ1) is 20.4. The van der Waals surface area contributed by atoms with Gasteiger partial charge in [-0.15, -0.1) is 24.0 Å². The number of thioether (sulfide) groups is 1. The van der Waals surface area contributed by atoms with Crippen molar-refractivity contribution in [1.82, 2.24) is 10.2 Å². The minimum absolute atomic E-state index is 0. The Balaban J connectivity index is 0.00000242. The zero-order valence-corrected chi connectivity index (χ0v) is 17.4. The van der Waals surface area contributed by atoms with Crippen LogP contribution in [0.15, 0.2) is 4.99 Å². The number of methoxy groups -OCH3 is 1. The maximum Gasteiger partial charge on any atom is 0.193 e. The van der Waals surface area contributed by atoms with Crippen molar-refractivity contribution in [3.05, 3.63) is 0 Å². The van der Waals surface area contributed by atoms with Crippen LogP contribution >= 0.6 is 35.7 Å². The Bertz CT molecular complexity index is 350. The van der Waals surface area contributed by atoms with Gasteiger partial charge in [0.05, 0.1) is 0 Å². The van der Waals surface area contributed by atoms with Crippen LogP contribution in [0.4, 0.5) is 0 Å². The van der Waals surface area contributed by atoms with Gasteiger partial charge in [-0.05, 0) is 31.1 Å². The summed E-state index contributed by atoms with van der Waals surface area (Å²) in [5, 5.41) is 4.40. The van der Waals surface area contributed by atoms with Crippen LogP contribution in [0.25, 0.3) is 0 Å². The molecule has 2 fully saturated rings. The van der Waals surface area contributed by atoms with E-state index in [2.05, 4.69) is 33.9 Å². The zero-order chi connectivity index (χ0) is 15.1. The quantitative estimate of drug-likeness (QED) is 0.390. The summed E-state index contributed by atoms with van der Waals surface area (Å²) in [6.45, 7) is 6.45. The van der Waals surface area contributed by atoms with Crippen molar-refractivity contribution in [1.29, 1.82) is 0 Å². The van der Waals surface area contributed by atoms with Crippen LogP contribution in [0.2, 0.25) is 0 Å². The highest BCUT2D eigenvalue weighted by Crippen LogP contribution is 2.43. The molecular formula is C16H32IN3OS. The predicted octanol–water partition coefficient (Wildman–Crippen LogP) is 3.21. The molecule has 0 aromatic heterocycles. The van der Waals surface area contributed by atoms with Crippen molar-refractivity contribution in [2.45, 2.75) is 44.3 Å². The smallest absolute Gasteiger partial charge is 0.193 e. The van der Waals surface area contributed by atoms with Crippen molar-refractivity contribution >= 4 is 41.7 Å². The molecule has 1 saturated heterocycles. The first-order valence-corrected chi connectivity index (χ1v) is 9.34. The lowest BCUT2D eigenvalue weighted by atomic mass is 9.67. The van der Waals surface area contributed by atoms with E-state index in [-0.39, 0.29) is 24.0 Å². The summed E-state index contributed by atoms with van der Waals surface area (Å²) in [6.07, 6.45) is 6.43. The molecule has 0 aromatic carbocycles. The zero-order valence-electron chi connectivity index (χ0n) is 14.3. The van der Waals surface area contributed by atoms with Gasteiger partial charge in [-0.3, -0.25) is 4.99 Å². The van der Waals surface area contributed by atoms with Gasteiger partial charge in [0.25, 0.3) is 0 Å². The van der Waals surface area contributed by atoms with Gasteiger partial charge in [0.15, 0.2) is 5.96 Å². The molecule has 22 heavy (non-hydrogen) atoms. The highest BCUT2D eigenvalue weighted by atomic mass is 127. The first-order chi connectivity index (χ1) is 10.2. The molecule has 6 heteroatoms. The SMILES string of the molecule is CCC1CN(C(=NC)NCC2(CCOC)CCC2)CCS1.I. The molecular weight excluding hydrogens is 409 g/mol. The van der Waals surface area contributed by atoms with E-state index in [4.69, 9.17) is 4.74 Å². The molecule has 0 aromatic rings. The minimum atomic E-state index is 0. The third-order valence-electron chi connectivity index (χ3n) is 4.98. The van der Waals surface area contributed by atoms with Gasteiger partial charge in [0.1, 0.15) is 0 Å². The number of halogens is 1. The molecule has 1 aliphatic heterocycles. The summed E-state index contributed by atoms with van der Waals surface area (Å²) in [5.74, 6) is 2.31. The molecule has 1 saturated carbocycles. The Kier molecular flexibility index (Phi) is 9.47. The molecule has 1 N–H and O–H groups in total. The summed E-state index contributed by atoms with van der Waals surface area (Å²) in [6, 6.07) is 0. The number of rotatable bonds is 6. The molecule has 130 valence electrons. The molecule has 1 atom stereocenters. The van der Waals surface area contributed by atoms with Crippen LogP contribution < -0.4 is 5.32 Å². The van der Waals surface area contributed by atoms with E-state index in [0.717, 1.165) is 37.5 Å². The van der Waals surface area contributed by atoms with Gasteiger partial charge in [-0.1, -0.05) is 13.3 Å². The highest BCUT2D eigenvalue weighted by molar-refractivity contribution is 14.0. The molecule has 1 aliphatic carbocycles. The van der Waals surface area contributed by atoms with Crippen molar-refractivity contribution in [2.75, 3.05) is 46.2 Å². The van der Waals surface area contributed by atoms with E-state index < -0.39 is 0 Å². The van der Waals surface area contributed by atoms with E-state index in [0.29, 0.717) is 5.41 Å². The van der Waals surface area contributed by atoms with Gasteiger partial charge in [0, 0.05) is 51.4 Å². The van der Waals surface area contributed by atoms with Crippen LogP contribution in [0, 0.1) is 5.41 Å². The average molecular weight is 441 g/mol. The molecule has 0 radical (unpaired) electrons. The second-order valence-electron chi connectivity index (χ2n) is 6.34. The topological polar surface area (TPSA) is 36.9 Å². The van der Waals surface area contributed by atoms with Crippen LogP contribution in [-0.4, -0.2) is 62.3 Å². The second kappa shape index (κ2) is 10.2. The molecule has 1 heterocycles. The van der Waals surface area contributed by atoms with E-state index in [1.165, 1.54) is 37.9 Å². The number of ether oxygens (including phenoxy) is 1. The monoisotopic (exact) mass is 441 g/mol. The lowest BCUT2D eigenvalue weighted by Gasteiger charge is -2.43. The Morgan fingerprint density at radius 3 is 2.77 bits per heavy atom. The van der Waals surface area contributed by atoms with Crippen molar-refractivity contribution in [3.8, 4) is 0 Å². The molecule has 1 unspecified atom stereocenters. The van der Waals surface area contributed by atoms with Gasteiger partial charge in [-0.25, -0.2) is 0 Å². The van der Waals surface area contributed by atoms with Crippen LogP contribution in [0.3, 0.4) is 0 Å². The number of guanidine groups is 1. The number of aliphatic imine (C=N–C) groups is 1. The Morgan fingerprint density at radius 1 is 1.45 bits per heavy atom. The molecule has 0 spiro atoms. The van der Waals surface area contributed by atoms with E-state index in [1.807, 2.05) is 7.05 Å². The van der Waals surface area contributed by atoms with Gasteiger partial charge >= 0.3 is 0 Å². The van der Waals surface area contributed by atoms with Crippen LogP contribution in [0.1, 0.15) is 39.0 Å². The summed E-state index contributed by atoms with van der Waals surface area (Å²) in [7, 11) is 3.71. The average Bonchev–Trinajstić information content (AvgIpc) is 2.49. The summed E-state index contributed by atoms with van der Waals surface area (Å²) in [4.78, 5) is 6.95. The number of hydrogen-bond donors (Lipinski definition) is 1. The first-order valence-electron chi connectivity index (χ1n) is 8.29. The van der Waals surface area contributed by atoms with Gasteiger partial charge < -0.3 is 15.0 Å². The molecule has 0 bridgehead atoms. The second-order valence-corrected chi connectivity index (χ2v) is 7.75. The van der Waals surface area contributed by atoms with Gasteiger partial charge in [-0.2, -0.15) is 11.8 Å². The molecule has 2 aliphatic rings. The molecule has 4 nitrogen and oxygen atoms in total. The Hall–Kier alpha value is 0.310. The third kappa shape index (κ3) is 5.44. The summed E-state index contributed by atoms with van der Waals surface area (Å²) in [5.41, 5.74) is 0.445. The fraction of sp³-hybridized carbons (Fsp3) is 0.938. The van der Waals surface area contributed by atoms with Gasteiger partial charge in [0.2, 0.25) is 0 Å². The lowest BCUT2D eigenvalue weighted by Crippen LogP contribution is -2.51. The largest absolute Gasteiger partial charge is 0.385 e. The molecule has 0 amide bonds. The normalized spacial score (nSPS) is 24.4. The summed E-state index contributed by atoms with van der Waals surface area (Å²) < 4.78 is 5.28. The minimum Gasteiger partial charge on any atom is -0.385 e. The fourth-order valence-corrected chi connectivity index (χ4v) is 4.45. The fourth-order valence-electron chi connectivity index (χ4n) is 3.27. The van der Waals surface area contributed by atoms with E-state index in [9.17, 15) is 0 Å². The van der Waals surface area contributed by atoms with Crippen LogP contribution in [0.5, 0.6) is 0 Å². The predicted molar refractivity (Wildman–Crippen MR) is 108 cm³/mol. The van der Waals surface area contributed by atoms with Crippen LogP contribution in [-0.2, 0) is 4.74 Å². The van der Waals surface area contributed by atoms with Crippen molar-refractivity contribution in [3.63, 3.8) is 0 Å². The van der Waals surface area contributed by atoms with Crippen molar-refractivity contribution in [2.24, 2.45) is 10.4 Å². The lowest BCUT2D eigenvalue weighted by molar-refractivity contribution is 0.0726. The number of nitrogens with zero attached hydrogens (tertiary/aromatic N) is 2. The maximum atomic E-state index is 5.28.